The second-order valence-electron chi connectivity index (χ2n) is 6.23. The van der Waals surface area contributed by atoms with Gasteiger partial charge in [-0.3, -0.25) is 5.01 Å². The number of benzene rings is 2. The number of hydrogen-bond donors (Lipinski definition) is 1. The zero-order valence-corrected chi connectivity index (χ0v) is 14.5. The molecule has 1 aliphatic heterocycles. The number of hydrazone groups is 1. The molecule has 0 aliphatic carbocycles. The summed E-state index contributed by atoms with van der Waals surface area (Å²) in [5.74, 6) is 1.57. The monoisotopic (exact) mass is 323 g/mol. The molecule has 6 heteroatoms. The topological polar surface area (TPSA) is 43.2 Å². The van der Waals surface area contributed by atoms with Crippen molar-refractivity contribution in [3.05, 3.63) is 60.7 Å². The Morgan fingerprint density at radius 2 is 1.54 bits per heavy atom. The van der Waals surface area contributed by atoms with E-state index in [-0.39, 0.29) is 0 Å². The van der Waals surface area contributed by atoms with Crippen molar-refractivity contribution < 1.29 is 4.59 Å². The summed E-state index contributed by atoms with van der Waals surface area (Å²) in [6.45, 7) is 0. The minimum atomic E-state index is 0.308. The van der Waals surface area contributed by atoms with Crippen LogP contribution in [0.25, 0.3) is 0 Å². The van der Waals surface area contributed by atoms with Gasteiger partial charge < -0.3 is 5.32 Å². The Labute approximate surface area is 142 Å². The number of quaternary nitrogens is 1. The number of nitrogens with zero attached hydrogens (tertiary/aromatic N) is 5. The molecular formula is C18H23N6+. The molecule has 2 aromatic carbocycles. The minimum Gasteiger partial charge on any atom is -0.321 e. The lowest BCUT2D eigenvalue weighted by molar-refractivity contribution is -0.803. The third-order valence-electron chi connectivity index (χ3n) is 3.58. The molecule has 0 radical (unpaired) electrons. The van der Waals surface area contributed by atoms with Crippen LogP contribution in [0.5, 0.6) is 0 Å². The number of rotatable bonds is 3. The van der Waals surface area contributed by atoms with Crippen molar-refractivity contribution >= 4 is 23.3 Å². The molecule has 1 heterocycles. The normalized spacial score (nSPS) is 17.8. The van der Waals surface area contributed by atoms with Crippen LogP contribution in [-0.2, 0) is 0 Å². The van der Waals surface area contributed by atoms with E-state index in [0.717, 1.165) is 23.3 Å². The summed E-state index contributed by atoms with van der Waals surface area (Å²) in [6, 6.07) is 20.2. The van der Waals surface area contributed by atoms with E-state index in [0.29, 0.717) is 4.59 Å². The molecule has 0 saturated carbocycles. The summed E-state index contributed by atoms with van der Waals surface area (Å²) >= 11 is 0. The summed E-state index contributed by atoms with van der Waals surface area (Å²) in [6.07, 6.45) is 0. The Morgan fingerprint density at radius 3 is 2.12 bits per heavy atom. The standard InChI is InChI=1S/C18H23N6/c1-22(2)20-18-23(16-13-9-6-10-14-16)17(21-24(18,3)4)19-15-11-7-5-8-12-15/h5-14H,1-4H3,(H,19,21)/q+1/b20-18-. The average molecular weight is 323 g/mol. The van der Waals surface area contributed by atoms with Gasteiger partial charge >= 0.3 is 5.96 Å². The lowest BCUT2D eigenvalue weighted by Crippen LogP contribution is -2.47. The molecule has 124 valence electrons. The predicted molar refractivity (Wildman–Crippen MR) is 99.7 cm³/mol. The molecule has 0 fully saturated rings. The van der Waals surface area contributed by atoms with Gasteiger partial charge in [-0.1, -0.05) is 36.4 Å². The second-order valence-corrected chi connectivity index (χ2v) is 6.23. The first-order valence-electron chi connectivity index (χ1n) is 7.85. The summed E-state index contributed by atoms with van der Waals surface area (Å²) in [5.41, 5.74) is 2.01. The molecular weight excluding hydrogens is 300 g/mol. The van der Waals surface area contributed by atoms with Gasteiger partial charge in [0, 0.05) is 19.8 Å². The Bertz CT molecular complexity index is 750. The second kappa shape index (κ2) is 6.33. The maximum atomic E-state index is 4.82. The van der Waals surface area contributed by atoms with E-state index in [1.165, 1.54) is 0 Å². The van der Waals surface area contributed by atoms with Crippen LogP contribution >= 0.6 is 0 Å². The van der Waals surface area contributed by atoms with Crippen LogP contribution in [0.2, 0.25) is 0 Å². The van der Waals surface area contributed by atoms with Crippen LogP contribution in [-0.4, -0.2) is 49.7 Å². The first-order valence-corrected chi connectivity index (χ1v) is 7.85. The lowest BCUT2D eigenvalue weighted by Gasteiger charge is -2.23. The van der Waals surface area contributed by atoms with Gasteiger partial charge in [-0.2, -0.15) is 0 Å². The number of anilines is 2. The molecule has 0 bridgehead atoms. The Morgan fingerprint density at radius 1 is 0.958 bits per heavy atom. The summed E-state index contributed by atoms with van der Waals surface area (Å²) in [4.78, 5) is 2.05. The van der Waals surface area contributed by atoms with Crippen molar-refractivity contribution in [3.8, 4) is 0 Å². The van der Waals surface area contributed by atoms with E-state index in [9.17, 15) is 0 Å². The molecule has 0 amide bonds. The summed E-state index contributed by atoms with van der Waals surface area (Å²) in [7, 11) is 7.85. The highest BCUT2D eigenvalue weighted by molar-refractivity contribution is 6.21. The van der Waals surface area contributed by atoms with Crippen molar-refractivity contribution in [2.75, 3.05) is 38.4 Å². The highest BCUT2D eigenvalue weighted by Crippen LogP contribution is 2.25. The lowest BCUT2D eigenvalue weighted by atomic mass is 10.3. The minimum absolute atomic E-state index is 0.308. The van der Waals surface area contributed by atoms with Gasteiger partial charge in [-0.15, -0.1) is 9.69 Å². The SMILES string of the molecule is CN(C)/N=C1/N(c2ccccc2)C(Nc2ccccc2)=N[N+]1(C)C. The molecule has 2 aromatic rings. The van der Waals surface area contributed by atoms with Gasteiger partial charge in [0.25, 0.3) is 5.96 Å². The molecule has 0 aromatic heterocycles. The van der Waals surface area contributed by atoms with E-state index in [4.69, 9.17) is 5.10 Å². The van der Waals surface area contributed by atoms with Crippen LogP contribution in [0.1, 0.15) is 0 Å². The molecule has 6 nitrogen and oxygen atoms in total. The Kier molecular flexibility index (Phi) is 4.22. The van der Waals surface area contributed by atoms with E-state index in [1.807, 2.05) is 81.6 Å². The van der Waals surface area contributed by atoms with Crippen molar-refractivity contribution in [2.45, 2.75) is 0 Å². The van der Waals surface area contributed by atoms with Crippen molar-refractivity contribution in [3.63, 3.8) is 0 Å². The third kappa shape index (κ3) is 3.23. The molecule has 1 N–H and O–H groups in total. The van der Waals surface area contributed by atoms with Crippen LogP contribution < -0.4 is 10.2 Å². The summed E-state index contributed by atoms with van der Waals surface area (Å²) in [5, 5.41) is 14.7. The van der Waals surface area contributed by atoms with Gasteiger partial charge in [0.1, 0.15) is 14.1 Å². The fourth-order valence-corrected chi connectivity index (χ4v) is 2.55. The van der Waals surface area contributed by atoms with E-state index in [2.05, 4.69) is 22.6 Å². The molecule has 1 aliphatic rings. The predicted octanol–water partition coefficient (Wildman–Crippen LogP) is 2.80. The molecule has 3 rings (SSSR count). The first-order chi connectivity index (χ1) is 11.5. The number of hydrogen-bond acceptors (Lipinski definition) is 4. The average Bonchev–Trinajstić information content (AvgIpc) is 2.79. The fourth-order valence-electron chi connectivity index (χ4n) is 2.55. The maximum Gasteiger partial charge on any atom is 0.360 e. The fraction of sp³-hybridized carbons (Fsp3) is 0.222. The highest BCUT2D eigenvalue weighted by atomic mass is 15.8. The third-order valence-corrected chi connectivity index (χ3v) is 3.58. The van der Waals surface area contributed by atoms with E-state index >= 15 is 0 Å². The quantitative estimate of drug-likeness (QED) is 0.698. The largest absolute Gasteiger partial charge is 0.360 e. The first kappa shape index (κ1) is 16.0. The van der Waals surface area contributed by atoms with Crippen LogP contribution in [0, 0.1) is 0 Å². The maximum absolute atomic E-state index is 4.82. The molecule has 0 saturated heterocycles. The molecule has 24 heavy (non-hydrogen) atoms. The number of para-hydroxylation sites is 2. The van der Waals surface area contributed by atoms with Crippen molar-refractivity contribution in [1.82, 2.24) is 5.01 Å². The van der Waals surface area contributed by atoms with Gasteiger partial charge in [-0.05, 0) is 29.4 Å². The summed E-state index contributed by atoms with van der Waals surface area (Å²) < 4.78 is 0.308. The van der Waals surface area contributed by atoms with Crippen LogP contribution in [0.3, 0.4) is 0 Å². The molecule has 0 unspecified atom stereocenters. The number of nitrogens with one attached hydrogen (secondary N) is 1. The highest BCUT2D eigenvalue weighted by Gasteiger charge is 2.43. The Balaban J connectivity index is 2.05. The molecule has 0 atom stereocenters. The van der Waals surface area contributed by atoms with Crippen LogP contribution in [0.4, 0.5) is 11.4 Å². The van der Waals surface area contributed by atoms with E-state index in [1.54, 1.807) is 5.01 Å². The van der Waals surface area contributed by atoms with Gasteiger partial charge in [0.05, 0.1) is 5.69 Å². The van der Waals surface area contributed by atoms with Crippen molar-refractivity contribution in [1.29, 1.82) is 0 Å². The van der Waals surface area contributed by atoms with Gasteiger partial charge in [0.15, 0.2) is 0 Å². The van der Waals surface area contributed by atoms with Gasteiger partial charge in [-0.25, -0.2) is 4.90 Å². The zero-order valence-electron chi connectivity index (χ0n) is 14.5. The van der Waals surface area contributed by atoms with Gasteiger partial charge in [0.2, 0.25) is 0 Å². The zero-order chi connectivity index (χ0) is 17.2. The van der Waals surface area contributed by atoms with Crippen molar-refractivity contribution in [2.24, 2.45) is 10.2 Å². The smallest absolute Gasteiger partial charge is 0.321 e. The van der Waals surface area contributed by atoms with E-state index < -0.39 is 0 Å². The number of guanidine groups is 2. The Hall–Kier alpha value is -2.86. The molecule has 0 spiro atoms. The van der Waals surface area contributed by atoms with Crippen LogP contribution in [0.15, 0.2) is 70.9 Å².